The third kappa shape index (κ3) is 7.22. The Morgan fingerprint density at radius 3 is 2.37 bits per heavy atom. The van der Waals surface area contributed by atoms with Crippen LogP contribution in [0.2, 0.25) is 0 Å². The smallest absolute Gasteiger partial charge is 0.243 e. The van der Waals surface area contributed by atoms with Gasteiger partial charge in [-0.05, 0) is 60.8 Å². The lowest BCUT2D eigenvalue weighted by Crippen LogP contribution is -2.30. The Hall–Kier alpha value is -3.10. The molecule has 0 aliphatic carbocycles. The second-order valence-electron chi connectivity index (χ2n) is 10.4. The number of rotatable bonds is 10. The van der Waals surface area contributed by atoms with Gasteiger partial charge >= 0.3 is 0 Å². The van der Waals surface area contributed by atoms with Gasteiger partial charge in [0.1, 0.15) is 5.75 Å². The van der Waals surface area contributed by atoms with Gasteiger partial charge in [-0.1, -0.05) is 80.4 Å². The summed E-state index contributed by atoms with van der Waals surface area (Å²) < 4.78 is 34.6. The van der Waals surface area contributed by atoms with Gasteiger partial charge in [0.2, 0.25) is 10.0 Å². The van der Waals surface area contributed by atoms with Crippen LogP contribution >= 0.6 is 12.4 Å². The van der Waals surface area contributed by atoms with Crippen molar-refractivity contribution in [2.45, 2.75) is 56.6 Å². The van der Waals surface area contributed by atoms with Crippen LogP contribution in [-0.2, 0) is 23.1 Å². The number of likely N-dealkylation sites (tertiary alicyclic amines) is 1. The highest BCUT2D eigenvalue weighted by Crippen LogP contribution is 2.35. The van der Waals surface area contributed by atoms with E-state index in [-0.39, 0.29) is 17.3 Å². The van der Waals surface area contributed by atoms with Crippen LogP contribution in [0.25, 0.3) is 11.3 Å². The van der Waals surface area contributed by atoms with Crippen molar-refractivity contribution in [1.82, 2.24) is 14.2 Å². The van der Waals surface area contributed by atoms with Crippen molar-refractivity contribution in [2.75, 3.05) is 20.2 Å². The molecule has 2 heterocycles. The lowest BCUT2D eigenvalue weighted by molar-refractivity contribution is 0.190. The van der Waals surface area contributed by atoms with E-state index in [2.05, 4.69) is 46.3 Å². The molecule has 4 aromatic rings. The Kier molecular flexibility index (Phi) is 10.7. The summed E-state index contributed by atoms with van der Waals surface area (Å²) >= 11 is 0. The maximum Gasteiger partial charge on any atom is 0.243 e. The second kappa shape index (κ2) is 14.2. The quantitative estimate of drug-likeness (QED) is 0.207. The number of benzene rings is 3. The highest BCUT2D eigenvalue weighted by Gasteiger charge is 2.26. The molecule has 6 nitrogen and oxygen atoms in total. The maximum absolute atomic E-state index is 13.7. The fourth-order valence-corrected chi connectivity index (χ4v) is 7.14. The van der Waals surface area contributed by atoms with E-state index in [0.717, 1.165) is 42.0 Å². The van der Waals surface area contributed by atoms with Crippen molar-refractivity contribution < 1.29 is 13.2 Å². The molecule has 3 aromatic carbocycles. The van der Waals surface area contributed by atoms with E-state index in [4.69, 9.17) is 4.74 Å². The van der Waals surface area contributed by atoms with Crippen LogP contribution in [0.5, 0.6) is 5.75 Å². The fourth-order valence-electron chi connectivity index (χ4n) is 5.68. The highest BCUT2D eigenvalue weighted by atomic mass is 35.5. The summed E-state index contributed by atoms with van der Waals surface area (Å²) in [5, 5.41) is 0. The van der Waals surface area contributed by atoms with Crippen molar-refractivity contribution >= 4 is 22.4 Å². The molecule has 0 bridgehead atoms. The zero-order chi connectivity index (χ0) is 28.0. The Bertz CT molecular complexity index is 1490. The van der Waals surface area contributed by atoms with Crippen molar-refractivity contribution in [2.24, 2.45) is 0 Å². The Morgan fingerprint density at radius 2 is 1.66 bits per heavy atom. The van der Waals surface area contributed by atoms with E-state index in [1.165, 1.54) is 29.1 Å². The number of H-pyrrole nitrogens is 1. The van der Waals surface area contributed by atoms with Crippen LogP contribution in [-0.4, -0.2) is 42.8 Å². The highest BCUT2D eigenvalue weighted by molar-refractivity contribution is 7.89. The van der Waals surface area contributed by atoms with Crippen molar-refractivity contribution in [3.05, 3.63) is 108 Å². The van der Waals surface area contributed by atoms with Crippen LogP contribution in [0.1, 0.15) is 55.5 Å². The molecule has 0 saturated carbocycles. The lowest BCUT2D eigenvalue weighted by atomic mass is 10.0. The molecule has 1 aliphatic heterocycles. The molecule has 0 radical (unpaired) electrons. The van der Waals surface area contributed by atoms with Crippen LogP contribution in [0.3, 0.4) is 0 Å². The van der Waals surface area contributed by atoms with Crippen molar-refractivity contribution in [3.63, 3.8) is 0 Å². The SMILES string of the molecule is CCN(Cc1ccccc1)S(=O)(=O)c1ccc(OC)c(-c2ccc(CN3CCCCC[C@@H]3c3ccccc3)[nH]2)c1.Cl. The van der Waals surface area contributed by atoms with Gasteiger partial charge in [-0.3, -0.25) is 4.90 Å². The standard InChI is InChI=1S/C33H39N3O3S.ClH/c1-3-36(24-26-13-7-4-8-14-26)40(37,38)29-19-21-33(39-2)30(23-29)31-20-18-28(34-31)25-35-22-12-6-11-17-32(35)27-15-9-5-10-16-27;/h4-5,7-10,13-16,18-21,23,32,34H,3,6,11-12,17,22,24-25H2,1-2H3;1H/t32-;/m1./s1. The zero-order valence-corrected chi connectivity index (χ0v) is 25.5. The number of methoxy groups -OCH3 is 1. The van der Waals surface area contributed by atoms with Gasteiger partial charge in [-0.25, -0.2) is 8.42 Å². The minimum Gasteiger partial charge on any atom is -0.496 e. The largest absolute Gasteiger partial charge is 0.496 e. The molecular formula is C33H40ClN3O3S. The molecule has 5 rings (SSSR count). The van der Waals surface area contributed by atoms with Gasteiger partial charge in [0.25, 0.3) is 0 Å². The van der Waals surface area contributed by atoms with Gasteiger partial charge in [0.05, 0.1) is 12.0 Å². The van der Waals surface area contributed by atoms with E-state index >= 15 is 0 Å². The number of aromatic amines is 1. The minimum absolute atomic E-state index is 0. The van der Waals surface area contributed by atoms with Crippen molar-refractivity contribution in [1.29, 1.82) is 0 Å². The summed E-state index contributed by atoms with van der Waals surface area (Å²) in [6, 6.07) is 30.1. The number of aromatic nitrogens is 1. The summed E-state index contributed by atoms with van der Waals surface area (Å²) in [6.45, 7) is 4.43. The van der Waals surface area contributed by atoms with E-state index < -0.39 is 10.0 Å². The molecule has 8 heteroatoms. The summed E-state index contributed by atoms with van der Waals surface area (Å²) in [7, 11) is -2.09. The first-order valence-corrected chi connectivity index (χ1v) is 15.6. The molecule has 0 amide bonds. The molecule has 1 saturated heterocycles. The van der Waals surface area contributed by atoms with Crippen LogP contribution in [0.4, 0.5) is 0 Å². The molecule has 1 atom stereocenters. The number of hydrogen-bond donors (Lipinski definition) is 1. The second-order valence-corrected chi connectivity index (χ2v) is 12.4. The Morgan fingerprint density at radius 1 is 0.927 bits per heavy atom. The summed E-state index contributed by atoms with van der Waals surface area (Å²) in [5.41, 5.74) is 5.01. The fraction of sp³-hybridized carbons (Fsp3) is 0.333. The predicted octanol–water partition coefficient (Wildman–Crippen LogP) is 7.44. The normalized spacial score (nSPS) is 16.2. The van der Waals surface area contributed by atoms with E-state index in [1.807, 2.05) is 43.3 Å². The Balaban J connectivity index is 0.00000387. The lowest BCUT2D eigenvalue weighted by Gasteiger charge is -2.30. The molecule has 0 spiro atoms. The first kappa shape index (κ1) is 30.8. The molecule has 0 unspecified atom stereocenters. The van der Waals surface area contributed by atoms with E-state index in [1.54, 1.807) is 25.3 Å². The average molecular weight is 594 g/mol. The van der Waals surface area contributed by atoms with Gasteiger partial charge in [-0.15, -0.1) is 12.4 Å². The Labute approximate surface area is 250 Å². The molecule has 41 heavy (non-hydrogen) atoms. The van der Waals surface area contributed by atoms with Crippen molar-refractivity contribution in [3.8, 4) is 17.0 Å². The zero-order valence-electron chi connectivity index (χ0n) is 23.8. The number of hydrogen-bond acceptors (Lipinski definition) is 4. The average Bonchev–Trinajstić information content (AvgIpc) is 3.33. The number of nitrogens with zero attached hydrogens (tertiary/aromatic N) is 2. The van der Waals surface area contributed by atoms with Crippen LogP contribution in [0.15, 0.2) is 95.9 Å². The topological polar surface area (TPSA) is 65.6 Å². The third-order valence-corrected chi connectivity index (χ3v) is 9.74. The molecule has 1 fully saturated rings. The summed E-state index contributed by atoms with van der Waals surface area (Å²) in [4.78, 5) is 6.40. The van der Waals surface area contributed by atoms with E-state index in [9.17, 15) is 8.42 Å². The first-order valence-electron chi connectivity index (χ1n) is 14.2. The summed E-state index contributed by atoms with van der Waals surface area (Å²) in [6.07, 6.45) is 4.85. The number of nitrogens with one attached hydrogen (secondary N) is 1. The number of halogens is 1. The maximum atomic E-state index is 13.7. The molecule has 1 aliphatic rings. The van der Waals surface area contributed by atoms with Crippen LogP contribution < -0.4 is 4.74 Å². The monoisotopic (exact) mass is 593 g/mol. The first-order chi connectivity index (χ1) is 19.5. The molecule has 1 aromatic heterocycles. The third-order valence-electron chi connectivity index (χ3n) is 7.82. The molecular weight excluding hydrogens is 554 g/mol. The number of ether oxygens (including phenoxy) is 1. The predicted molar refractivity (Wildman–Crippen MR) is 168 cm³/mol. The van der Waals surface area contributed by atoms with E-state index in [0.29, 0.717) is 24.9 Å². The van der Waals surface area contributed by atoms with Gasteiger partial charge in [0.15, 0.2) is 0 Å². The van der Waals surface area contributed by atoms with Gasteiger partial charge < -0.3 is 9.72 Å². The number of sulfonamides is 1. The molecule has 218 valence electrons. The van der Waals surface area contributed by atoms with Crippen LogP contribution in [0, 0.1) is 0 Å². The minimum atomic E-state index is -3.71. The van der Waals surface area contributed by atoms with Gasteiger partial charge in [0, 0.05) is 42.6 Å². The molecule has 1 N–H and O–H groups in total. The van der Waals surface area contributed by atoms with Gasteiger partial charge in [-0.2, -0.15) is 4.31 Å². The summed E-state index contributed by atoms with van der Waals surface area (Å²) in [5.74, 6) is 0.635.